The zero-order valence-electron chi connectivity index (χ0n) is 9.01. The summed E-state index contributed by atoms with van der Waals surface area (Å²) in [5.74, 6) is 0.566. The Morgan fingerprint density at radius 2 is 1.93 bits per heavy atom. The molecule has 1 rings (SSSR count). The lowest BCUT2D eigenvalue weighted by Gasteiger charge is -2.11. The fourth-order valence-corrected chi connectivity index (χ4v) is 1.84. The van der Waals surface area contributed by atoms with Gasteiger partial charge in [-0.15, -0.1) is 0 Å². The number of nitrogens with one attached hydrogen (secondary N) is 2. The summed E-state index contributed by atoms with van der Waals surface area (Å²) in [6, 6.07) is 0. The van der Waals surface area contributed by atoms with E-state index in [0.717, 1.165) is 18.6 Å². The molecule has 0 aromatic carbocycles. The van der Waals surface area contributed by atoms with Gasteiger partial charge < -0.3 is 10.6 Å². The Morgan fingerprint density at radius 1 is 1.27 bits per heavy atom. The molecular formula is C10H18N2O2S. The molecule has 86 valence electrons. The lowest BCUT2D eigenvalue weighted by Crippen LogP contribution is -2.37. The summed E-state index contributed by atoms with van der Waals surface area (Å²) in [5.41, 5.74) is 0.119. The molecule has 1 aliphatic rings. The van der Waals surface area contributed by atoms with Crippen LogP contribution in [0.25, 0.3) is 0 Å². The van der Waals surface area contributed by atoms with Gasteiger partial charge in [-0.05, 0) is 30.9 Å². The predicted molar refractivity (Wildman–Crippen MR) is 61.8 cm³/mol. The monoisotopic (exact) mass is 230 g/mol. The van der Waals surface area contributed by atoms with Crippen molar-refractivity contribution < 1.29 is 9.59 Å². The van der Waals surface area contributed by atoms with Crippen molar-refractivity contribution in [1.82, 2.24) is 10.6 Å². The molecule has 0 aliphatic heterocycles. The van der Waals surface area contributed by atoms with Crippen molar-refractivity contribution in [2.75, 3.05) is 18.8 Å². The quantitative estimate of drug-likeness (QED) is 0.576. The second-order valence-electron chi connectivity index (χ2n) is 4.07. The van der Waals surface area contributed by atoms with Crippen LogP contribution in [0.3, 0.4) is 0 Å². The van der Waals surface area contributed by atoms with Crippen LogP contribution in [0.4, 0.5) is 0 Å². The van der Waals surface area contributed by atoms with E-state index < -0.39 is 0 Å². The first-order chi connectivity index (χ1) is 7.12. The van der Waals surface area contributed by atoms with Gasteiger partial charge >= 0.3 is 0 Å². The van der Waals surface area contributed by atoms with Crippen molar-refractivity contribution in [2.45, 2.75) is 26.2 Å². The van der Waals surface area contributed by atoms with Crippen LogP contribution >= 0.6 is 12.6 Å². The van der Waals surface area contributed by atoms with Crippen molar-refractivity contribution in [3.8, 4) is 0 Å². The summed E-state index contributed by atoms with van der Waals surface area (Å²) in [6.07, 6.45) is 2.64. The second-order valence-corrected chi connectivity index (χ2v) is 4.38. The minimum absolute atomic E-state index is 0.0483. The Bertz CT molecular complexity index is 252. The molecule has 0 spiro atoms. The maximum atomic E-state index is 11.4. The lowest BCUT2D eigenvalue weighted by atomic mass is 10.1. The molecule has 0 unspecified atom stereocenters. The smallest absolute Gasteiger partial charge is 0.239 e. The molecule has 0 aromatic rings. The molecule has 5 heteroatoms. The highest BCUT2D eigenvalue weighted by atomic mass is 32.1. The van der Waals surface area contributed by atoms with E-state index >= 15 is 0 Å². The maximum Gasteiger partial charge on any atom is 0.239 e. The normalized spacial score (nSPS) is 16.9. The molecule has 1 aliphatic carbocycles. The standard InChI is InChI=1S/C10H18N2O2S/c1-2-11-9(14)6-12-8(13)5-10(7-15)3-4-10/h15H,2-7H2,1H3,(H,11,14)(H,12,13). The molecule has 0 aromatic heterocycles. The minimum atomic E-state index is -0.137. The summed E-state index contributed by atoms with van der Waals surface area (Å²) < 4.78 is 0. The molecule has 0 bridgehead atoms. The largest absolute Gasteiger partial charge is 0.355 e. The fraction of sp³-hybridized carbons (Fsp3) is 0.800. The summed E-state index contributed by atoms with van der Waals surface area (Å²) in [6.45, 7) is 2.52. The van der Waals surface area contributed by atoms with E-state index in [0.29, 0.717) is 13.0 Å². The molecule has 15 heavy (non-hydrogen) atoms. The van der Waals surface area contributed by atoms with Crippen LogP contribution in [0.15, 0.2) is 0 Å². The van der Waals surface area contributed by atoms with E-state index in [-0.39, 0.29) is 23.8 Å². The van der Waals surface area contributed by atoms with Crippen LogP contribution in [-0.2, 0) is 9.59 Å². The molecule has 2 N–H and O–H groups in total. The zero-order chi connectivity index (χ0) is 11.3. The van der Waals surface area contributed by atoms with Gasteiger partial charge in [0.1, 0.15) is 0 Å². The molecule has 0 saturated heterocycles. The fourth-order valence-electron chi connectivity index (χ4n) is 1.41. The highest BCUT2D eigenvalue weighted by Gasteiger charge is 2.42. The minimum Gasteiger partial charge on any atom is -0.355 e. The Labute approximate surface area is 95.6 Å². The third-order valence-electron chi connectivity index (χ3n) is 2.65. The van der Waals surface area contributed by atoms with Gasteiger partial charge in [0.15, 0.2) is 0 Å². The average Bonchev–Trinajstić information content (AvgIpc) is 2.96. The van der Waals surface area contributed by atoms with E-state index in [2.05, 4.69) is 23.3 Å². The summed E-state index contributed by atoms with van der Waals surface area (Å²) in [4.78, 5) is 22.5. The number of likely N-dealkylation sites (N-methyl/N-ethyl adjacent to an activating group) is 1. The van der Waals surface area contributed by atoms with Crippen molar-refractivity contribution in [3.63, 3.8) is 0 Å². The van der Waals surface area contributed by atoms with Crippen molar-refractivity contribution >= 4 is 24.4 Å². The molecule has 4 nitrogen and oxygen atoms in total. The SMILES string of the molecule is CCNC(=O)CNC(=O)CC1(CS)CC1. The first kappa shape index (κ1) is 12.4. The summed E-state index contributed by atoms with van der Waals surface area (Å²) in [7, 11) is 0. The van der Waals surface area contributed by atoms with Crippen LogP contribution in [0.1, 0.15) is 26.2 Å². The molecule has 0 radical (unpaired) electrons. The maximum absolute atomic E-state index is 11.4. The van der Waals surface area contributed by atoms with E-state index in [1.54, 1.807) is 0 Å². The van der Waals surface area contributed by atoms with E-state index in [1.807, 2.05) is 6.92 Å². The molecule has 2 amide bonds. The van der Waals surface area contributed by atoms with Crippen LogP contribution in [0, 0.1) is 5.41 Å². The molecule has 1 fully saturated rings. The average molecular weight is 230 g/mol. The second kappa shape index (κ2) is 5.39. The molecule has 1 saturated carbocycles. The van der Waals surface area contributed by atoms with Gasteiger partial charge in [0.25, 0.3) is 0 Å². The first-order valence-corrected chi connectivity index (χ1v) is 5.89. The number of thiol groups is 1. The van der Waals surface area contributed by atoms with E-state index in [4.69, 9.17) is 0 Å². The highest BCUT2D eigenvalue weighted by molar-refractivity contribution is 7.80. The number of amides is 2. The van der Waals surface area contributed by atoms with Gasteiger partial charge in [-0.25, -0.2) is 0 Å². The highest BCUT2D eigenvalue weighted by Crippen LogP contribution is 2.49. The number of carbonyl (C=O) groups excluding carboxylic acids is 2. The van der Waals surface area contributed by atoms with Crippen LogP contribution in [-0.4, -0.2) is 30.7 Å². The Morgan fingerprint density at radius 3 is 2.40 bits per heavy atom. The number of hydrogen-bond donors (Lipinski definition) is 3. The zero-order valence-corrected chi connectivity index (χ0v) is 9.90. The van der Waals surface area contributed by atoms with Gasteiger partial charge in [0.05, 0.1) is 6.54 Å². The van der Waals surface area contributed by atoms with Gasteiger partial charge in [0, 0.05) is 13.0 Å². The topological polar surface area (TPSA) is 58.2 Å². The van der Waals surface area contributed by atoms with E-state index in [1.165, 1.54) is 0 Å². The molecule has 0 heterocycles. The van der Waals surface area contributed by atoms with Crippen molar-refractivity contribution in [1.29, 1.82) is 0 Å². The third kappa shape index (κ3) is 4.11. The van der Waals surface area contributed by atoms with Crippen molar-refractivity contribution in [2.24, 2.45) is 5.41 Å². The van der Waals surface area contributed by atoms with Crippen LogP contribution < -0.4 is 10.6 Å². The number of rotatable bonds is 6. The van der Waals surface area contributed by atoms with Crippen molar-refractivity contribution in [3.05, 3.63) is 0 Å². The number of carbonyl (C=O) groups is 2. The molecule has 0 atom stereocenters. The summed E-state index contributed by atoms with van der Waals surface area (Å²) >= 11 is 4.22. The van der Waals surface area contributed by atoms with Gasteiger partial charge in [0.2, 0.25) is 11.8 Å². The summed E-state index contributed by atoms with van der Waals surface area (Å²) in [5, 5.41) is 5.24. The first-order valence-electron chi connectivity index (χ1n) is 5.26. The predicted octanol–water partition coefficient (Wildman–Crippen LogP) is 0.339. The Hall–Kier alpha value is -0.710. The van der Waals surface area contributed by atoms with Crippen LogP contribution in [0.2, 0.25) is 0 Å². The van der Waals surface area contributed by atoms with Crippen LogP contribution in [0.5, 0.6) is 0 Å². The Balaban J connectivity index is 2.16. The van der Waals surface area contributed by atoms with Gasteiger partial charge in [-0.1, -0.05) is 0 Å². The number of hydrogen-bond acceptors (Lipinski definition) is 3. The molecular weight excluding hydrogens is 212 g/mol. The van der Waals surface area contributed by atoms with Gasteiger partial charge in [-0.2, -0.15) is 12.6 Å². The Kier molecular flexibility index (Phi) is 4.45. The third-order valence-corrected chi connectivity index (χ3v) is 3.32. The lowest BCUT2D eigenvalue weighted by molar-refractivity contribution is -0.126. The van der Waals surface area contributed by atoms with Gasteiger partial charge in [-0.3, -0.25) is 9.59 Å². The van der Waals surface area contributed by atoms with E-state index in [9.17, 15) is 9.59 Å².